The second kappa shape index (κ2) is 5.44. The van der Waals surface area contributed by atoms with Crippen LogP contribution in [-0.4, -0.2) is 53.5 Å². The fourth-order valence-corrected chi connectivity index (χ4v) is 2.21. The van der Waals surface area contributed by atoms with Crippen LogP contribution in [0.3, 0.4) is 0 Å². The van der Waals surface area contributed by atoms with Crippen molar-refractivity contribution in [2.24, 2.45) is 0 Å². The Balaban J connectivity index is 2.11. The number of carboxylic acids is 1. The van der Waals surface area contributed by atoms with E-state index in [4.69, 9.17) is 9.52 Å². The van der Waals surface area contributed by atoms with E-state index in [0.29, 0.717) is 12.3 Å². The van der Waals surface area contributed by atoms with Crippen molar-refractivity contribution < 1.29 is 19.1 Å². The van der Waals surface area contributed by atoms with Gasteiger partial charge in [-0.3, -0.25) is 9.69 Å². The van der Waals surface area contributed by atoms with Gasteiger partial charge in [0.2, 0.25) is 11.7 Å². The zero-order chi connectivity index (χ0) is 14.0. The minimum Gasteiger partial charge on any atom is -0.475 e. The highest BCUT2D eigenvalue weighted by Crippen LogP contribution is 2.23. The second-order valence-electron chi connectivity index (χ2n) is 4.82. The van der Waals surface area contributed by atoms with E-state index < -0.39 is 5.97 Å². The van der Waals surface area contributed by atoms with Gasteiger partial charge in [-0.2, -0.15) is 0 Å². The maximum atomic E-state index is 11.8. The molecular weight excluding hydrogens is 248 g/mol. The van der Waals surface area contributed by atoms with Gasteiger partial charge in [-0.15, -0.1) is 0 Å². The first-order valence-corrected chi connectivity index (χ1v) is 6.30. The Kier molecular flexibility index (Phi) is 3.90. The number of hydrogen-bond donors (Lipinski definition) is 1. The topological polar surface area (TPSA) is 74.0 Å². The molecule has 1 aliphatic rings. The molecule has 0 aromatic carbocycles. The average molecular weight is 266 g/mol. The number of nitrogens with zero attached hydrogens (tertiary/aromatic N) is 2. The highest BCUT2D eigenvalue weighted by Gasteiger charge is 2.25. The zero-order valence-corrected chi connectivity index (χ0v) is 11.1. The molecule has 1 aliphatic heterocycles. The van der Waals surface area contributed by atoms with E-state index in [1.54, 1.807) is 18.0 Å². The lowest BCUT2D eigenvalue weighted by Crippen LogP contribution is -2.35. The minimum absolute atomic E-state index is 0.0693. The summed E-state index contributed by atoms with van der Waals surface area (Å²) in [6, 6.07) is 3.00. The van der Waals surface area contributed by atoms with E-state index in [9.17, 15) is 9.59 Å². The molecule has 6 nitrogen and oxygen atoms in total. The quantitative estimate of drug-likeness (QED) is 0.890. The highest BCUT2D eigenvalue weighted by atomic mass is 16.4. The molecule has 19 heavy (non-hydrogen) atoms. The third-order valence-electron chi connectivity index (χ3n) is 3.50. The third-order valence-corrected chi connectivity index (χ3v) is 3.50. The molecule has 2 rings (SSSR count). The van der Waals surface area contributed by atoms with Crippen molar-refractivity contribution in [2.45, 2.75) is 19.4 Å². The largest absolute Gasteiger partial charge is 0.475 e. The highest BCUT2D eigenvalue weighted by molar-refractivity contribution is 5.84. The summed E-state index contributed by atoms with van der Waals surface area (Å²) in [5.41, 5.74) is 0. The van der Waals surface area contributed by atoms with Gasteiger partial charge >= 0.3 is 5.97 Å². The number of carbonyl (C=O) groups is 2. The van der Waals surface area contributed by atoms with Crippen molar-refractivity contribution in [3.63, 3.8) is 0 Å². The first-order chi connectivity index (χ1) is 8.99. The van der Waals surface area contributed by atoms with Crippen LogP contribution < -0.4 is 0 Å². The molecule has 1 fully saturated rings. The Morgan fingerprint density at radius 2 is 2.16 bits per heavy atom. The van der Waals surface area contributed by atoms with Gasteiger partial charge in [0.25, 0.3) is 0 Å². The van der Waals surface area contributed by atoms with Crippen LogP contribution in [0.2, 0.25) is 0 Å². The smallest absolute Gasteiger partial charge is 0.371 e. The number of carboxylic acid groups (broad SMARTS) is 1. The van der Waals surface area contributed by atoms with E-state index >= 15 is 0 Å². The monoisotopic (exact) mass is 266 g/mol. The van der Waals surface area contributed by atoms with Crippen molar-refractivity contribution in [1.82, 2.24) is 9.80 Å². The Morgan fingerprint density at radius 3 is 2.79 bits per heavy atom. The molecule has 1 aromatic rings. The Morgan fingerprint density at radius 1 is 1.42 bits per heavy atom. The summed E-state index contributed by atoms with van der Waals surface area (Å²) in [5, 5.41) is 8.84. The van der Waals surface area contributed by atoms with Gasteiger partial charge < -0.3 is 14.4 Å². The third kappa shape index (κ3) is 2.96. The van der Waals surface area contributed by atoms with Gasteiger partial charge in [-0.25, -0.2) is 4.79 Å². The van der Waals surface area contributed by atoms with E-state index in [1.807, 2.05) is 11.8 Å². The van der Waals surface area contributed by atoms with Crippen molar-refractivity contribution in [1.29, 1.82) is 0 Å². The summed E-state index contributed by atoms with van der Waals surface area (Å²) < 4.78 is 5.30. The fourth-order valence-electron chi connectivity index (χ4n) is 2.21. The molecule has 1 saturated heterocycles. The van der Waals surface area contributed by atoms with Gasteiger partial charge in [0.15, 0.2) is 0 Å². The first kappa shape index (κ1) is 13.6. The van der Waals surface area contributed by atoms with E-state index in [0.717, 1.165) is 19.5 Å². The molecule has 6 heteroatoms. The number of furan rings is 1. The predicted octanol–water partition coefficient (Wildman–Crippen LogP) is 1.20. The predicted molar refractivity (Wildman–Crippen MR) is 67.9 cm³/mol. The molecule has 104 valence electrons. The Labute approximate surface area is 111 Å². The number of amides is 1. The maximum absolute atomic E-state index is 11.8. The van der Waals surface area contributed by atoms with Crippen LogP contribution in [0.15, 0.2) is 16.5 Å². The Bertz CT molecular complexity index is 483. The lowest BCUT2D eigenvalue weighted by atomic mass is 10.2. The summed E-state index contributed by atoms with van der Waals surface area (Å²) in [4.78, 5) is 26.4. The van der Waals surface area contributed by atoms with Crippen LogP contribution in [0.5, 0.6) is 0 Å². The molecule has 0 saturated carbocycles. The molecule has 2 heterocycles. The molecule has 0 bridgehead atoms. The lowest BCUT2D eigenvalue weighted by Gasteiger charge is -2.25. The summed E-state index contributed by atoms with van der Waals surface area (Å²) in [6.45, 7) is 3.80. The van der Waals surface area contributed by atoms with Crippen LogP contribution in [0.1, 0.15) is 35.7 Å². The molecule has 0 spiro atoms. The number of rotatable bonds is 3. The number of likely N-dealkylation sites (N-methyl/N-ethyl adjacent to an activating group) is 1. The number of hydrogen-bond acceptors (Lipinski definition) is 4. The van der Waals surface area contributed by atoms with Crippen molar-refractivity contribution in [3.8, 4) is 0 Å². The second-order valence-corrected chi connectivity index (χ2v) is 4.82. The molecule has 1 unspecified atom stereocenters. The maximum Gasteiger partial charge on any atom is 0.371 e. The van der Waals surface area contributed by atoms with Crippen LogP contribution >= 0.6 is 0 Å². The van der Waals surface area contributed by atoms with Gasteiger partial charge in [-0.1, -0.05) is 0 Å². The van der Waals surface area contributed by atoms with Crippen LogP contribution in [-0.2, 0) is 4.79 Å². The van der Waals surface area contributed by atoms with Crippen LogP contribution in [0.4, 0.5) is 0 Å². The molecular formula is C13H18N2O4. The molecule has 1 aromatic heterocycles. The van der Waals surface area contributed by atoms with Crippen molar-refractivity contribution in [3.05, 3.63) is 23.7 Å². The molecule has 0 radical (unpaired) electrons. The minimum atomic E-state index is -1.08. The lowest BCUT2D eigenvalue weighted by molar-refractivity contribution is -0.130. The molecule has 1 amide bonds. The van der Waals surface area contributed by atoms with Gasteiger partial charge in [-0.05, 0) is 25.5 Å². The van der Waals surface area contributed by atoms with E-state index in [-0.39, 0.29) is 17.7 Å². The zero-order valence-electron chi connectivity index (χ0n) is 11.1. The van der Waals surface area contributed by atoms with Crippen LogP contribution in [0, 0.1) is 0 Å². The van der Waals surface area contributed by atoms with Gasteiger partial charge in [0.05, 0.1) is 12.6 Å². The number of aromatic carboxylic acids is 1. The number of carbonyl (C=O) groups excluding carboxylic acids is 1. The van der Waals surface area contributed by atoms with Crippen LogP contribution in [0.25, 0.3) is 0 Å². The van der Waals surface area contributed by atoms with Gasteiger partial charge in [0.1, 0.15) is 5.76 Å². The normalized spacial score (nSPS) is 19.3. The van der Waals surface area contributed by atoms with Crippen molar-refractivity contribution >= 4 is 11.9 Å². The summed E-state index contributed by atoms with van der Waals surface area (Å²) in [7, 11) is 1.80. The molecule has 1 atom stereocenters. The van der Waals surface area contributed by atoms with Gasteiger partial charge in [0, 0.05) is 20.1 Å². The SMILES string of the molecule is CC(c1ccc(C(=O)O)o1)N1CCCN(C)C(=O)C1. The molecule has 0 aliphatic carbocycles. The average Bonchev–Trinajstić information content (AvgIpc) is 2.79. The first-order valence-electron chi connectivity index (χ1n) is 6.30. The molecule has 1 N–H and O–H groups in total. The van der Waals surface area contributed by atoms with E-state index in [2.05, 4.69) is 0 Å². The summed E-state index contributed by atoms with van der Waals surface area (Å²) >= 11 is 0. The summed E-state index contributed by atoms with van der Waals surface area (Å²) in [6.07, 6.45) is 0.902. The van der Waals surface area contributed by atoms with Crippen molar-refractivity contribution in [2.75, 3.05) is 26.7 Å². The Hall–Kier alpha value is -1.82. The summed E-state index contributed by atoms with van der Waals surface area (Å²) in [5.74, 6) is -0.491. The standard InChI is InChI=1S/C13H18N2O4/c1-9(10-4-5-11(19-10)13(17)18)15-7-3-6-14(2)12(16)8-15/h4-5,9H,3,6-8H2,1-2H3,(H,17,18). The fraction of sp³-hybridized carbons (Fsp3) is 0.538. The van der Waals surface area contributed by atoms with E-state index in [1.165, 1.54) is 6.07 Å².